The van der Waals surface area contributed by atoms with Gasteiger partial charge in [-0.1, -0.05) is 18.3 Å². The number of carbonyl (C=O) groups is 1. The van der Waals surface area contributed by atoms with Crippen LogP contribution in [0.15, 0.2) is 46.9 Å². The lowest BCUT2D eigenvalue weighted by molar-refractivity contribution is 0.0977. The fraction of sp³-hybridized carbons (Fsp3) is 0.190. The molecule has 0 aliphatic heterocycles. The molecule has 0 unspecified atom stereocenters. The van der Waals surface area contributed by atoms with Crippen molar-refractivity contribution in [2.75, 3.05) is 11.9 Å². The highest BCUT2D eigenvalue weighted by Crippen LogP contribution is 2.27. The summed E-state index contributed by atoms with van der Waals surface area (Å²) in [4.78, 5) is 13.3. The van der Waals surface area contributed by atoms with E-state index in [0.717, 1.165) is 33.5 Å². The highest BCUT2D eigenvalue weighted by atomic mass is 79.9. The van der Waals surface area contributed by atoms with E-state index in [1.807, 2.05) is 38.1 Å². The van der Waals surface area contributed by atoms with Gasteiger partial charge in [-0.15, -0.1) is 10.2 Å². The molecular formula is C21H19BrN6O2S2. The number of aromatic nitrogens is 4. The first-order chi connectivity index (χ1) is 15.5. The van der Waals surface area contributed by atoms with Gasteiger partial charge in [0.05, 0.1) is 11.1 Å². The van der Waals surface area contributed by atoms with E-state index < -0.39 is 0 Å². The summed E-state index contributed by atoms with van der Waals surface area (Å²) in [5.41, 5.74) is 2.18. The predicted octanol–water partition coefficient (Wildman–Crippen LogP) is 4.70. The van der Waals surface area contributed by atoms with E-state index >= 15 is 0 Å². The summed E-state index contributed by atoms with van der Waals surface area (Å²) >= 11 is 10.2. The molecule has 2 heterocycles. The number of ether oxygens (including phenoxy) is 1. The van der Waals surface area contributed by atoms with Crippen LogP contribution in [0.2, 0.25) is 0 Å². The van der Waals surface area contributed by atoms with Crippen LogP contribution >= 0.6 is 39.5 Å². The van der Waals surface area contributed by atoms with Crippen LogP contribution in [0.3, 0.4) is 0 Å². The van der Waals surface area contributed by atoms with Gasteiger partial charge >= 0.3 is 0 Å². The molecule has 32 heavy (non-hydrogen) atoms. The minimum Gasteiger partial charge on any atom is -0.493 e. The van der Waals surface area contributed by atoms with E-state index in [4.69, 9.17) is 17.0 Å². The third-order valence-electron chi connectivity index (χ3n) is 4.48. The molecule has 2 aromatic heterocycles. The van der Waals surface area contributed by atoms with Crippen LogP contribution in [-0.4, -0.2) is 37.4 Å². The lowest BCUT2D eigenvalue weighted by atomic mass is 10.2. The van der Waals surface area contributed by atoms with Crippen molar-refractivity contribution in [3.8, 4) is 16.3 Å². The summed E-state index contributed by atoms with van der Waals surface area (Å²) in [6.45, 7) is 4.47. The molecule has 2 aromatic carbocycles. The normalized spacial score (nSPS) is 10.8. The van der Waals surface area contributed by atoms with Gasteiger partial charge in [0.1, 0.15) is 10.8 Å². The first kappa shape index (κ1) is 22.3. The third kappa shape index (κ3) is 4.79. The minimum absolute atomic E-state index is 0.208. The van der Waals surface area contributed by atoms with Crippen molar-refractivity contribution < 1.29 is 9.53 Å². The molecule has 1 amide bonds. The Balaban J connectivity index is 1.39. The van der Waals surface area contributed by atoms with Crippen LogP contribution in [0.25, 0.3) is 15.5 Å². The third-order valence-corrected chi connectivity index (χ3v) is 6.25. The van der Waals surface area contributed by atoms with E-state index in [1.165, 1.54) is 11.3 Å². The average Bonchev–Trinajstić information content (AvgIpc) is 3.36. The highest BCUT2D eigenvalue weighted by Gasteiger charge is 2.13. The number of hydrogen-bond donors (Lipinski definition) is 2. The number of rotatable bonds is 6. The monoisotopic (exact) mass is 530 g/mol. The largest absolute Gasteiger partial charge is 0.493 e. The van der Waals surface area contributed by atoms with Gasteiger partial charge in [-0.05, 0) is 77.5 Å². The predicted molar refractivity (Wildman–Crippen MR) is 132 cm³/mol. The molecule has 0 saturated heterocycles. The smallest absolute Gasteiger partial charge is 0.257 e. The van der Waals surface area contributed by atoms with Gasteiger partial charge in [0, 0.05) is 23.2 Å². The maximum Gasteiger partial charge on any atom is 0.257 e. The van der Waals surface area contributed by atoms with Crippen LogP contribution in [0.4, 0.5) is 5.69 Å². The van der Waals surface area contributed by atoms with Crippen LogP contribution in [-0.2, 0) is 6.42 Å². The Kier molecular flexibility index (Phi) is 6.77. The van der Waals surface area contributed by atoms with Crippen LogP contribution < -0.4 is 15.4 Å². The number of hydrogen-bond acceptors (Lipinski definition) is 7. The van der Waals surface area contributed by atoms with Gasteiger partial charge in [-0.25, -0.2) is 0 Å². The Labute approximate surface area is 202 Å². The molecule has 0 bridgehead atoms. The number of thiocarbonyl (C=S) groups is 1. The Morgan fingerprint density at radius 1 is 1.19 bits per heavy atom. The van der Waals surface area contributed by atoms with Gasteiger partial charge in [-0.2, -0.15) is 9.61 Å². The van der Waals surface area contributed by atoms with Gasteiger partial charge in [0.2, 0.25) is 4.96 Å². The quantitative estimate of drug-likeness (QED) is 0.349. The molecule has 11 heteroatoms. The molecular weight excluding hydrogens is 512 g/mol. The fourth-order valence-electron chi connectivity index (χ4n) is 2.94. The number of nitrogens with one attached hydrogen (secondary N) is 2. The summed E-state index contributed by atoms with van der Waals surface area (Å²) < 4.78 is 7.95. The molecule has 0 radical (unpaired) electrons. The van der Waals surface area contributed by atoms with Gasteiger partial charge in [-0.3, -0.25) is 10.1 Å². The zero-order valence-electron chi connectivity index (χ0n) is 17.3. The fourth-order valence-corrected chi connectivity index (χ4v) is 4.51. The van der Waals surface area contributed by atoms with Crippen LogP contribution in [0, 0.1) is 0 Å². The number of benzene rings is 2. The molecule has 0 aliphatic carbocycles. The lowest BCUT2D eigenvalue weighted by Gasteiger charge is -2.11. The first-order valence-electron chi connectivity index (χ1n) is 9.84. The Morgan fingerprint density at radius 3 is 2.66 bits per heavy atom. The summed E-state index contributed by atoms with van der Waals surface area (Å²) in [5.74, 6) is 1.20. The number of fused-ring (bicyclic) bond motifs is 1. The molecule has 0 spiro atoms. The summed E-state index contributed by atoms with van der Waals surface area (Å²) in [6, 6.07) is 12.8. The van der Waals surface area contributed by atoms with Crippen LogP contribution in [0.1, 0.15) is 30.0 Å². The van der Waals surface area contributed by atoms with Gasteiger partial charge < -0.3 is 10.1 Å². The van der Waals surface area contributed by atoms with E-state index in [-0.39, 0.29) is 11.0 Å². The Morgan fingerprint density at radius 2 is 1.97 bits per heavy atom. The molecule has 8 nitrogen and oxygen atoms in total. The number of anilines is 1. The lowest BCUT2D eigenvalue weighted by Crippen LogP contribution is -2.34. The second-order valence-corrected chi connectivity index (χ2v) is 8.85. The molecule has 0 saturated carbocycles. The summed E-state index contributed by atoms with van der Waals surface area (Å²) in [6.07, 6.45) is 0.768. The Hall–Kier alpha value is -2.89. The molecule has 4 rings (SSSR count). The van der Waals surface area contributed by atoms with Crippen molar-refractivity contribution in [3.05, 3.63) is 58.3 Å². The maximum absolute atomic E-state index is 12.5. The number of halogens is 1. The highest BCUT2D eigenvalue weighted by molar-refractivity contribution is 9.10. The summed E-state index contributed by atoms with van der Waals surface area (Å²) in [7, 11) is 0. The zero-order chi connectivity index (χ0) is 22.7. The molecule has 4 aromatic rings. The van der Waals surface area contributed by atoms with Crippen LogP contribution in [0.5, 0.6) is 5.75 Å². The first-order valence-corrected chi connectivity index (χ1v) is 11.9. The van der Waals surface area contributed by atoms with Crippen molar-refractivity contribution in [1.82, 2.24) is 25.1 Å². The number of nitrogens with zero attached hydrogens (tertiary/aromatic N) is 4. The molecule has 0 fully saturated rings. The topological polar surface area (TPSA) is 93.4 Å². The van der Waals surface area contributed by atoms with E-state index in [9.17, 15) is 4.79 Å². The minimum atomic E-state index is -0.311. The molecule has 2 N–H and O–H groups in total. The number of aryl methyl sites for hydroxylation is 1. The standard InChI is InChI=1S/C21H19BrN6O2S2/c1-3-17-25-26-21-28(17)27-19(32-21)12-5-8-14(9-6-12)23-20(31)24-18(29)13-7-10-16(30-4-2)15(22)11-13/h5-11H,3-4H2,1-2H3,(H2,23,24,29,31). The van der Waals surface area contributed by atoms with E-state index in [2.05, 4.69) is 41.9 Å². The molecule has 0 atom stereocenters. The number of amides is 1. The maximum atomic E-state index is 12.5. The van der Waals surface area contributed by atoms with Crippen molar-refractivity contribution in [1.29, 1.82) is 0 Å². The van der Waals surface area contributed by atoms with Crippen molar-refractivity contribution >= 4 is 61.2 Å². The van der Waals surface area contributed by atoms with Gasteiger partial charge in [0.15, 0.2) is 10.9 Å². The van der Waals surface area contributed by atoms with Crippen molar-refractivity contribution in [2.24, 2.45) is 0 Å². The molecule has 164 valence electrons. The SMILES string of the molecule is CCOc1ccc(C(=O)NC(=S)Nc2ccc(-c3nn4c(CC)nnc4s3)cc2)cc1Br. The van der Waals surface area contributed by atoms with E-state index in [0.29, 0.717) is 22.4 Å². The summed E-state index contributed by atoms with van der Waals surface area (Å²) in [5, 5.41) is 19.6. The average molecular weight is 531 g/mol. The van der Waals surface area contributed by atoms with E-state index in [1.54, 1.807) is 22.7 Å². The second kappa shape index (κ2) is 9.72. The second-order valence-electron chi connectivity index (χ2n) is 6.64. The van der Waals surface area contributed by atoms with Gasteiger partial charge in [0.25, 0.3) is 5.91 Å². The zero-order valence-corrected chi connectivity index (χ0v) is 20.5. The Bertz CT molecular complexity index is 1290. The van der Waals surface area contributed by atoms with Crippen molar-refractivity contribution in [3.63, 3.8) is 0 Å². The van der Waals surface area contributed by atoms with Crippen molar-refractivity contribution in [2.45, 2.75) is 20.3 Å². The number of carbonyl (C=O) groups excluding carboxylic acids is 1. The molecule has 0 aliphatic rings.